The molecule has 0 saturated heterocycles. The monoisotopic (exact) mass is 378 g/mol. The van der Waals surface area contributed by atoms with Gasteiger partial charge in [-0.25, -0.2) is 4.79 Å². The van der Waals surface area contributed by atoms with Crippen molar-refractivity contribution < 1.29 is 18.9 Å². The zero-order valence-electron chi connectivity index (χ0n) is 13.7. The molecule has 1 atom stereocenters. The molecule has 0 spiro atoms. The Labute approximate surface area is 151 Å². The third-order valence-corrected chi connectivity index (χ3v) is 6.11. The van der Waals surface area contributed by atoms with Gasteiger partial charge in [-0.2, -0.15) is 0 Å². The highest BCUT2D eigenvalue weighted by molar-refractivity contribution is 7.84. The first kappa shape index (κ1) is 17.6. The normalized spacial score (nSPS) is 14.7. The van der Waals surface area contributed by atoms with Crippen LogP contribution in [0.3, 0.4) is 0 Å². The summed E-state index contributed by atoms with van der Waals surface area (Å²) in [5, 5.41) is 12.7. The number of carbonyl (C=O) groups excluding carboxylic acids is 1. The van der Waals surface area contributed by atoms with Gasteiger partial charge in [0.15, 0.2) is 0 Å². The van der Waals surface area contributed by atoms with Crippen LogP contribution in [0.4, 0.5) is 9.80 Å². The SMILES string of the molecule is CS(=O)c1ccc(CC(=O)Nc2cc3c(s2)CCN(C(=O)O)C3)cc1. The molecule has 1 unspecified atom stereocenters. The molecule has 8 heteroatoms. The Bertz CT molecular complexity index is 830. The topological polar surface area (TPSA) is 86.7 Å². The first-order valence-electron chi connectivity index (χ1n) is 7.74. The summed E-state index contributed by atoms with van der Waals surface area (Å²) >= 11 is 1.50. The third kappa shape index (κ3) is 4.26. The van der Waals surface area contributed by atoms with Gasteiger partial charge in [-0.05, 0) is 35.7 Å². The molecule has 2 heterocycles. The molecule has 0 aliphatic carbocycles. The number of nitrogens with one attached hydrogen (secondary N) is 1. The number of anilines is 1. The van der Waals surface area contributed by atoms with Crippen molar-refractivity contribution in [3.05, 3.63) is 46.3 Å². The Hall–Kier alpha value is -2.19. The average molecular weight is 378 g/mol. The molecule has 0 bridgehead atoms. The molecule has 25 heavy (non-hydrogen) atoms. The Morgan fingerprint density at radius 2 is 2.04 bits per heavy atom. The Morgan fingerprint density at radius 1 is 1.32 bits per heavy atom. The minimum atomic E-state index is -1.03. The van der Waals surface area contributed by atoms with Crippen LogP contribution in [0.2, 0.25) is 0 Å². The molecule has 0 saturated carbocycles. The van der Waals surface area contributed by atoms with Crippen molar-refractivity contribution in [1.29, 1.82) is 0 Å². The van der Waals surface area contributed by atoms with E-state index >= 15 is 0 Å². The maximum Gasteiger partial charge on any atom is 0.407 e. The van der Waals surface area contributed by atoms with Crippen LogP contribution in [-0.4, -0.2) is 39.0 Å². The van der Waals surface area contributed by atoms with E-state index in [1.807, 2.05) is 6.07 Å². The van der Waals surface area contributed by atoms with Crippen molar-refractivity contribution in [1.82, 2.24) is 4.90 Å². The second-order valence-electron chi connectivity index (χ2n) is 5.84. The predicted octanol–water partition coefficient (Wildman–Crippen LogP) is 2.70. The van der Waals surface area contributed by atoms with Crippen LogP contribution >= 0.6 is 11.3 Å². The minimum absolute atomic E-state index is 0.126. The second kappa shape index (κ2) is 7.37. The standard InChI is InChI=1S/C17H18N2O4S2/c1-25(23)13-4-2-11(3-5-13)8-15(20)18-16-9-12-10-19(17(21)22)7-6-14(12)24-16/h2-5,9H,6-8,10H2,1H3,(H,18,20)(H,21,22). The molecular weight excluding hydrogens is 360 g/mol. The summed E-state index contributed by atoms with van der Waals surface area (Å²) in [5.41, 5.74) is 1.81. The van der Waals surface area contributed by atoms with Crippen LogP contribution in [0.15, 0.2) is 35.2 Å². The third-order valence-electron chi connectivity index (χ3n) is 4.02. The highest BCUT2D eigenvalue weighted by atomic mass is 32.2. The molecule has 1 aromatic heterocycles. The van der Waals surface area contributed by atoms with Gasteiger partial charge in [-0.1, -0.05) is 12.1 Å². The Kier molecular flexibility index (Phi) is 5.19. The van der Waals surface area contributed by atoms with Gasteiger partial charge in [0.05, 0.1) is 18.0 Å². The molecule has 2 aromatic rings. The Balaban J connectivity index is 1.62. The Morgan fingerprint density at radius 3 is 2.68 bits per heavy atom. The molecule has 0 radical (unpaired) electrons. The van der Waals surface area contributed by atoms with Gasteiger partial charge in [0.2, 0.25) is 5.91 Å². The number of carbonyl (C=O) groups is 2. The summed E-state index contributed by atoms with van der Waals surface area (Å²) < 4.78 is 11.4. The van der Waals surface area contributed by atoms with Crippen LogP contribution in [0.25, 0.3) is 0 Å². The molecule has 0 fully saturated rings. The molecular formula is C17H18N2O4S2. The lowest BCUT2D eigenvalue weighted by Crippen LogP contribution is -2.33. The van der Waals surface area contributed by atoms with E-state index in [1.165, 1.54) is 16.2 Å². The summed E-state index contributed by atoms with van der Waals surface area (Å²) in [5.74, 6) is -0.126. The predicted molar refractivity (Wildman–Crippen MR) is 97.6 cm³/mol. The van der Waals surface area contributed by atoms with Crippen molar-refractivity contribution in [2.75, 3.05) is 18.1 Å². The molecule has 3 rings (SSSR count). The summed E-state index contributed by atoms with van der Waals surface area (Å²) in [7, 11) is -1.03. The zero-order chi connectivity index (χ0) is 18.0. The van der Waals surface area contributed by atoms with Crippen LogP contribution in [0.5, 0.6) is 0 Å². The lowest BCUT2D eigenvalue weighted by Gasteiger charge is -2.23. The average Bonchev–Trinajstić information content (AvgIpc) is 2.96. The number of rotatable bonds is 4. The molecule has 1 aromatic carbocycles. The van der Waals surface area contributed by atoms with E-state index in [1.54, 1.807) is 30.5 Å². The van der Waals surface area contributed by atoms with E-state index < -0.39 is 16.9 Å². The van der Waals surface area contributed by atoms with Gasteiger partial charge in [-0.15, -0.1) is 11.3 Å². The first-order chi connectivity index (χ1) is 11.9. The summed E-state index contributed by atoms with van der Waals surface area (Å²) in [6.07, 6.45) is 1.61. The fraction of sp³-hybridized carbons (Fsp3) is 0.294. The van der Waals surface area contributed by atoms with Crippen LogP contribution in [-0.2, 0) is 35.0 Å². The van der Waals surface area contributed by atoms with Crippen molar-refractivity contribution in [3.8, 4) is 0 Å². The van der Waals surface area contributed by atoms with Crippen molar-refractivity contribution in [2.24, 2.45) is 0 Å². The number of amides is 2. The van der Waals surface area contributed by atoms with E-state index in [4.69, 9.17) is 5.11 Å². The minimum Gasteiger partial charge on any atom is -0.465 e. The van der Waals surface area contributed by atoms with Crippen molar-refractivity contribution in [3.63, 3.8) is 0 Å². The number of nitrogens with zero attached hydrogens (tertiary/aromatic N) is 1. The molecule has 1 aliphatic rings. The van der Waals surface area contributed by atoms with Crippen LogP contribution < -0.4 is 5.32 Å². The summed E-state index contributed by atoms with van der Waals surface area (Å²) in [6, 6.07) is 9.00. The summed E-state index contributed by atoms with van der Waals surface area (Å²) in [6.45, 7) is 0.855. The van der Waals surface area contributed by atoms with Gasteiger partial charge in [0.1, 0.15) is 0 Å². The van der Waals surface area contributed by atoms with Gasteiger partial charge in [-0.3, -0.25) is 9.00 Å². The van der Waals surface area contributed by atoms with Gasteiger partial charge in [0.25, 0.3) is 0 Å². The largest absolute Gasteiger partial charge is 0.465 e. The first-order valence-corrected chi connectivity index (χ1v) is 10.1. The zero-order valence-corrected chi connectivity index (χ0v) is 15.3. The van der Waals surface area contributed by atoms with E-state index in [9.17, 15) is 13.8 Å². The quantitative estimate of drug-likeness (QED) is 0.856. The lowest BCUT2D eigenvalue weighted by atomic mass is 10.1. The van der Waals surface area contributed by atoms with Gasteiger partial charge < -0.3 is 15.3 Å². The molecule has 2 N–H and O–H groups in total. The number of benzene rings is 1. The highest BCUT2D eigenvalue weighted by Gasteiger charge is 2.22. The molecule has 1 aliphatic heterocycles. The fourth-order valence-electron chi connectivity index (χ4n) is 2.72. The van der Waals surface area contributed by atoms with E-state index in [-0.39, 0.29) is 12.3 Å². The lowest BCUT2D eigenvalue weighted by molar-refractivity contribution is -0.115. The van der Waals surface area contributed by atoms with E-state index in [0.717, 1.165) is 25.9 Å². The maximum absolute atomic E-state index is 12.2. The van der Waals surface area contributed by atoms with Crippen molar-refractivity contribution >= 4 is 39.1 Å². The van der Waals surface area contributed by atoms with Crippen LogP contribution in [0.1, 0.15) is 16.0 Å². The maximum atomic E-state index is 12.2. The number of hydrogen-bond acceptors (Lipinski definition) is 4. The van der Waals surface area contributed by atoms with Gasteiger partial charge in [0, 0.05) is 33.4 Å². The smallest absolute Gasteiger partial charge is 0.407 e. The van der Waals surface area contributed by atoms with Crippen LogP contribution in [0, 0.1) is 0 Å². The van der Waals surface area contributed by atoms with Gasteiger partial charge >= 0.3 is 6.09 Å². The summed E-state index contributed by atoms with van der Waals surface area (Å²) in [4.78, 5) is 26.5. The number of fused-ring (bicyclic) bond motifs is 1. The highest BCUT2D eigenvalue weighted by Crippen LogP contribution is 2.31. The fourth-order valence-corrected chi connectivity index (χ4v) is 4.32. The second-order valence-corrected chi connectivity index (χ2v) is 8.35. The van der Waals surface area contributed by atoms with E-state index in [2.05, 4.69) is 5.32 Å². The number of carboxylic acid groups (broad SMARTS) is 1. The van der Waals surface area contributed by atoms with E-state index in [0.29, 0.717) is 19.5 Å². The molecule has 2 amide bonds. The number of thiophene rings is 1. The molecule has 6 nitrogen and oxygen atoms in total. The number of hydrogen-bond donors (Lipinski definition) is 2. The van der Waals surface area contributed by atoms with Crippen molar-refractivity contribution in [2.45, 2.75) is 24.3 Å². The molecule has 132 valence electrons.